The van der Waals surface area contributed by atoms with E-state index in [0.29, 0.717) is 10.9 Å². The lowest BCUT2D eigenvalue weighted by Crippen LogP contribution is -2.54. The van der Waals surface area contributed by atoms with E-state index in [1.54, 1.807) is 13.0 Å². The Morgan fingerprint density at radius 2 is 2.17 bits per heavy atom. The fraction of sp³-hybridized carbons (Fsp3) is 0.600. The first-order valence-corrected chi connectivity index (χ1v) is 8.05. The molecule has 1 aromatic heterocycles. The molecule has 1 fully saturated rings. The Kier molecular flexibility index (Phi) is 5.08. The molecule has 0 aromatic carbocycles. The number of aryl methyl sites for hydroxylation is 1. The first-order chi connectivity index (χ1) is 7.82. The van der Waals surface area contributed by atoms with E-state index in [0.717, 1.165) is 36.2 Å². The normalized spacial score (nSPS) is 17.9. The van der Waals surface area contributed by atoms with Crippen molar-refractivity contribution in [1.29, 1.82) is 0 Å². The summed E-state index contributed by atoms with van der Waals surface area (Å²) < 4.78 is 27.3. The van der Waals surface area contributed by atoms with Crippen LogP contribution in [-0.4, -0.2) is 20.5 Å². The standard InChI is InChI=1S/C10H15ClN2O2S2.ClH/c1-7-5-8(16-9(7)11)17(14,15)13-6-10(12)3-2-4-10;/h5,13H,2-4,6,12H2,1H3;1H. The lowest BCUT2D eigenvalue weighted by molar-refractivity contribution is 0.251. The van der Waals surface area contributed by atoms with Gasteiger partial charge in [0.25, 0.3) is 0 Å². The summed E-state index contributed by atoms with van der Waals surface area (Å²) in [6, 6.07) is 1.58. The summed E-state index contributed by atoms with van der Waals surface area (Å²) in [7, 11) is -3.47. The van der Waals surface area contributed by atoms with E-state index in [2.05, 4.69) is 4.72 Å². The molecule has 3 N–H and O–H groups in total. The van der Waals surface area contributed by atoms with Crippen LogP contribution in [0.5, 0.6) is 0 Å². The predicted octanol–water partition coefficient (Wildman–Crippen LogP) is 2.29. The van der Waals surface area contributed by atoms with Crippen LogP contribution in [0.2, 0.25) is 4.34 Å². The van der Waals surface area contributed by atoms with Gasteiger partial charge >= 0.3 is 0 Å². The first kappa shape index (κ1) is 16.2. The largest absolute Gasteiger partial charge is 0.324 e. The highest BCUT2D eigenvalue weighted by atomic mass is 35.5. The molecule has 1 heterocycles. The molecule has 2 rings (SSSR count). The fourth-order valence-corrected chi connectivity index (χ4v) is 4.57. The van der Waals surface area contributed by atoms with Crippen LogP contribution in [0.4, 0.5) is 0 Å². The Labute approximate surface area is 122 Å². The molecule has 0 unspecified atom stereocenters. The minimum Gasteiger partial charge on any atom is -0.324 e. The number of thiophene rings is 1. The number of halogens is 2. The van der Waals surface area contributed by atoms with E-state index in [1.807, 2.05) is 0 Å². The zero-order valence-corrected chi connectivity index (χ0v) is 13.1. The molecule has 1 aromatic rings. The summed E-state index contributed by atoms with van der Waals surface area (Å²) in [6.07, 6.45) is 2.82. The van der Waals surface area contributed by atoms with Crippen LogP contribution in [0.1, 0.15) is 24.8 Å². The van der Waals surface area contributed by atoms with Gasteiger partial charge in [0.2, 0.25) is 10.0 Å². The van der Waals surface area contributed by atoms with Crippen molar-refractivity contribution in [2.24, 2.45) is 5.73 Å². The predicted molar refractivity (Wildman–Crippen MR) is 77.3 cm³/mol. The Balaban J connectivity index is 0.00000162. The summed E-state index contributed by atoms with van der Waals surface area (Å²) in [5, 5.41) is 0. The van der Waals surface area contributed by atoms with Gasteiger partial charge in [-0.3, -0.25) is 0 Å². The Morgan fingerprint density at radius 3 is 2.56 bits per heavy atom. The highest BCUT2D eigenvalue weighted by molar-refractivity contribution is 7.91. The maximum absolute atomic E-state index is 12.0. The minimum absolute atomic E-state index is 0. The van der Waals surface area contributed by atoms with Crippen LogP contribution < -0.4 is 10.5 Å². The molecule has 0 atom stereocenters. The number of sulfonamides is 1. The number of nitrogens with two attached hydrogens (primary N) is 1. The SMILES string of the molecule is Cc1cc(S(=O)(=O)NCC2(N)CCC2)sc1Cl.Cl. The third-order valence-corrected chi connectivity index (χ3v) is 6.49. The quantitative estimate of drug-likeness (QED) is 0.889. The lowest BCUT2D eigenvalue weighted by atomic mass is 9.78. The van der Waals surface area contributed by atoms with Gasteiger partial charge in [0, 0.05) is 12.1 Å². The Bertz CT molecular complexity index is 504. The summed E-state index contributed by atoms with van der Waals surface area (Å²) >= 11 is 6.94. The second-order valence-corrected chi connectivity index (χ2v) is 8.21. The molecular formula is C10H16Cl2N2O2S2. The van der Waals surface area contributed by atoms with Gasteiger partial charge in [0.15, 0.2) is 0 Å². The van der Waals surface area contributed by atoms with Gasteiger partial charge in [-0.1, -0.05) is 11.6 Å². The molecule has 0 saturated heterocycles. The topological polar surface area (TPSA) is 72.2 Å². The molecule has 1 aliphatic rings. The molecule has 18 heavy (non-hydrogen) atoms. The van der Waals surface area contributed by atoms with Crippen molar-refractivity contribution in [3.63, 3.8) is 0 Å². The molecule has 104 valence electrons. The van der Waals surface area contributed by atoms with Crippen LogP contribution in [0.3, 0.4) is 0 Å². The van der Waals surface area contributed by atoms with E-state index in [9.17, 15) is 8.42 Å². The number of hydrogen-bond donors (Lipinski definition) is 2. The number of nitrogens with one attached hydrogen (secondary N) is 1. The number of hydrogen-bond acceptors (Lipinski definition) is 4. The summed E-state index contributed by atoms with van der Waals surface area (Å²) in [4.78, 5) is 0. The van der Waals surface area contributed by atoms with E-state index >= 15 is 0 Å². The zero-order chi connectivity index (χ0) is 12.7. The molecule has 8 heteroatoms. The molecule has 0 spiro atoms. The second-order valence-electron chi connectivity index (χ2n) is 4.56. The smallest absolute Gasteiger partial charge is 0.250 e. The van der Waals surface area contributed by atoms with Crippen molar-refractivity contribution in [3.8, 4) is 0 Å². The molecule has 0 bridgehead atoms. The van der Waals surface area contributed by atoms with Crippen molar-refractivity contribution in [1.82, 2.24) is 4.72 Å². The molecule has 0 radical (unpaired) electrons. The summed E-state index contributed by atoms with van der Waals surface area (Å²) in [5.41, 5.74) is 6.40. The first-order valence-electron chi connectivity index (χ1n) is 5.37. The van der Waals surface area contributed by atoms with E-state index in [4.69, 9.17) is 17.3 Å². The lowest BCUT2D eigenvalue weighted by Gasteiger charge is -2.37. The molecular weight excluding hydrogens is 315 g/mol. The monoisotopic (exact) mass is 330 g/mol. The van der Waals surface area contributed by atoms with Crippen LogP contribution in [0.25, 0.3) is 0 Å². The van der Waals surface area contributed by atoms with Gasteiger partial charge < -0.3 is 5.73 Å². The molecule has 0 aliphatic heterocycles. The van der Waals surface area contributed by atoms with Gasteiger partial charge in [-0.2, -0.15) is 0 Å². The van der Waals surface area contributed by atoms with E-state index < -0.39 is 10.0 Å². The van der Waals surface area contributed by atoms with Crippen LogP contribution in [0, 0.1) is 6.92 Å². The van der Waals surface area contributed by atoms with Gasteiger partial charge in [-0.15, -0.1) is 23.7 Å². The zero-order valence-electron chi connectivity index (χ0n) is 9.90. The molecule has 1 aliphatic carbocycles. The maximum Gasteiger partial charge on any atom is 0.250 e. The van der Waals surface area contributed by atoms with Crippen molar-refractivity contribution in [3.05, 3.63) is 16.0 Å². The Hall–Kier alpha value is 0.150. The molecule has 4 nitrogen and oxygen atoms in total. The average Bonchev–Trinajstić information content (AvgIpc) is 2.54. The summed E-state index contributed by atoms with van der Waals surface area (Å²) in [5.74, 6) is 0. The van der Waals surface area contributed by atoms with E-state index in [1.165, 1.54) is 0 Å². The average molecular weight is 331 g/mol. The van der Waals surface area contributed by atoms with Gasteiger partial charge in [-0.05, 0) is 37.8 Å². The van der Waals surface area contributed by atoms with Crippen molar-refractivity contribution < 1.29 is 8.42 Å². The van der Waals surface area contributed by atoms with Gasteiger partial charge in [0.05, 0.1) is 4.34 Å². The third-order valence-electron chi connectivity index (χ3n) is 3.06. The maximum atomic E-state index is 12.0. The van der Waals surface area contributed by atoms with Gasteiger partial charge in [0.1, 0.15) is 4.21 Å². The van der Waals surface area contributed by atoms with Crippen LogP contribution >= 0.6 is 35.3 Å². The second kappa shape index (κ2) is 5.64. The van der Waals surface area contributed by atoms with Crippen molar-refractivity contribution in [2.45, 2.75) is 35.9 Å². The fourth-order valence-electron chi connectivity index (χ4n) is 1.68. The highest BCUT2D eigenvalue weighted by Crippen LogP contribution is 2.31. The summed E-state index contributed by atoms with van der Waals surface area (Å²) in [6.45, 7) is 2.08. The van der Waals surface area contributed by atoms with Gasteiger partial charge in [-0.25, -0.2) is 13.1 Å². The Morgan fingerprint density at radius 1 is 1.56 bits per heavy atom. The van der Waals surface area contributed by atoms with E-state index in [-0.39, 0.29) is 22.2 Å². The molecule has 1 saturated carbocycles. The minimum atomic E-state index is -3.47. The number of rotatable bonds is 4. The van der Waals surface area contributed by atoms with Crippen LogP contribution in [0.15, 0.2) is 10.3 Å². The van der Waals surface area contributed by atoms with Crippen molar-refractivity contribution in [2.75, 3.05) is 6.54 Å². The molecule has 0 amide bonds. The third kappa shape index (κ3) is 3.37. The highest BCUT2D eigenvalue weighted by Gasteiger charge is 2.34. The van der Waals surface area contributed by atoms with Crippen LogP contribution in [-0.2, 0) is 10.0 Å². The van der Waals surface area contributed by atoms with Crippen molar-refractivity contribution >= 4 is 45.4 Å².